The lowest BCUT2D eigenvalue weighted by Gasteiger charge is -2.22. The van der Waals surface area contributed by atoms with Crippen LogP contribution < -0.4 is 5.84 Å². The Morgan fingerprint density at radius 3 is 2.58 bits per heavy atom. The average molecular weight is 369 g/mol. The van der Waals surface area contributed by atoms with Gasteiger partial charge in [0.05, 0.1) is 6.26 Å². The van der Waals surface area contributed by atoms with E-state index in [1.807, 2.05) is 35.2 Å². The van der Waals surface area contributed by atoms with Crippen molar-refractivity contribution in [2.75, 3.05) is 18.9 Å². The second-order valence-corrected chi connectivity index (χ2v) is 7.17. The van der Waals surface area contributed by atoms with Gasteiger partial charge in [0.2, 0.25) is 16.9 Å². The summed E-state index contributed by atoms with van der Waals surface area (Å²) in [6, 6.07) is 13.2. The Morgan fingerprint density at radius 1 is 1.12 bits per heavy atom. The van der Waals surface area contributed by atoms with Crippen molar-refractivity contribution in [1.82, 2.24) is 19.8 Å². The van der Waals surface area contributed by atoms with Gasteiger partial charge in [-0.15, -0.1) is 10.2 Å². The van der Waals surface area contributed by atoms with Gasteiger partial charge in [-0.1, -0.05) is 42.1 Å². The van der Waals surface area contributed by atoms with Crippen LogP contribution in [-0.2, 0) is 4.79 Å². The number of carbonyl (C=O) groups is 1. The number of aromatic nitrogens is 3. The number of nitrogen functional groups attached to an aromatic ring is 1. The van der Waals surface area contributed by atoms with E-state index in [-0.39, 0.29) is 5.91 Å². The number of thioether (sulfide) groups is 1. The fourth-order valence-corrected chi connectivity index (χ4v) is 4.07. The maximum Gasteiger partial charge on any atom is 0.240 e. The number of carbonyl (C=O) groups excluding carboxylic acids is 1. The van der Waals surface area contributed by atoms with Gasteiger partial charge < -0.3 is 15.2 Å². The van der Waals surface area contributed by atoms with E-state index in [9.17, 15) is 4.79 Å². The van der Waals surface area contributed by atoms with Gasteiger partial charge in [0.25, 0.3) is 0 Å². The molecule has 1 aliphatic rings. The molecule has 1 aliphatic heterocycles. The Bertz CT molecular complexity index is 872. The topological polar surface area (TPSA) is 90.2 Å². The zero-order valence-electron chi connectivity index (χ0n) is 14.1. The van der Waals surface area contributed by atoms with Crippen LogP contribution in [0.25, 0.3) is 11.6 Å². The molecule has 0 radical (unpaired) electrons. The summed E-state index contributed by atoms with van der Waals surface area (Å²) in [6.07, 6.45) is 3.65. The summed E-state index contributed by atoms with van der Waals surface area (Å²) in [5, 5.41) is 8.33. The Labute approximate surface area is 155 Å². The van der Waals surface area contributed by atoms with Crippen LogP contribution >= 0.6 is 11.8 Å². The van der Waals surface area contributed by atoms with Crippen LogP contribution in [0.15, 0.2) is 58.3 Å². The van der Waals surface area contributed by atoms with E-state index >= 15 is 0 Å². The number of furan rings is 1. The first-order chi connectivity index (χ1) is 12.7. The van der Waals surface area contributed by atoms with Gasteiger partial charge in [0.15, 0.2) is 5.76 Å². The molecule has 2 N–H and O–H groups in total. The SMILES string of the molecule is Nn1c(SC(C(=O)N2CCCC2)c2ccccc2)nnc1-c1ccco1. The minimum Gasteiger partial charge on any atom is -0.461 e. The summed E-state index contributed by atoms with van der Waals surface area (Å²) >= 11 is 1.31. The van der Waals surface area contributed by atoms with Crippen LogP contribution in [0.1, 0.15) is 23.7 Å². The van der Waals surface area contributed by atoms with Crippen molar-refractivity contribution in [3.63, 3.8) is 0 Å². The Morgan fingerprint density at radius 2 is 1.88 bits per heavy atom. The Kier molecular flexibility index (Phi) is 4.66. The minimum atomic E-state index is -0.412. The van der Waals surface area contributed by atoms with Gasteiger partial charge in [-0.25, -0.2) is 4.68 Å². The fraction of sp³-hybridized carbons (Fsp3) is 0.278. The molecule has 3 aromatic rings. The number of nitrogens with zero attached hydrogens (tertiary/aromatic N) is 4. The molecule has 1 fully saturated rings. The second kappa shape index (κ2) is 7.25. The van der Waals surface area contributed by atoms with Crippen LogP contribution in [0.3, 0.4) is 0 Å². The van der Waals surface area contributed by atoms with Crippen molar-refractivity contribution in [1.29, 1.82) is 0 Å². The van der Waals surface area contributed by atoms with E-state index in [1.54, 1.807) is 18.4 Å². The number of likely N-dealkylation sites (tertiary alicyclic amines) is 1. The molecule has 0 bridgehead atoms. The first-order valence-electron chi connectivity index (χ1n) is 8.49. The summed E-state index contributed by atoms with van der Waals surface area (Å²) in [7, 11) is 0. The second-order valence-electron chi connectivity index (χ2n) is 6.09. The molecule has 7 nitrogen and oxygen atoms in total. The van der Waals surface area contributed by atoms with Crippen molar-refractivity contribution in [2.24, 2.45) is 0 Å². The molecule has 0 aliphatic carbocycles. The van der Waals surface area contributed by atoms with Crippen LogP contribution in [0, 0.1) is 0 Å². The van der Waals surface area contributed by atoms with E-state index in [0.29, 0.717) is 16.7 Å². The van der Waals surface area contributed by atoms with Crippen molar-refractivity contribution in [2.45, 2.75) is 23.2 Å². The molecule has 4 rings (SSSR count). The van der Waals surface area contributed by atoms with Crippen LogP contribution in [0.5, 0.6) is 0 Å². The summed E-state index contributed by atoms with van der Waals surface area (Å²) in [4.78, 5) is 15.0. The first kappa shape index (κ1) is 16.7. The minimum absolute atomic E-state index is 0.0845. The van der Waals surface area contributed by atoms with E-state index in [4.69, 9.17) is 10.3 Å². The lowest BCUT2D eigenvalue weighted by molar-refractivity contribution is -0.129. The first-order valence-corrected chi connectivity index (χ1v) is 9.37. The zero-order valence-corrected chi connectivity index (χ0v) is 14.9. The summed E-state index contributed by atoms with van der Waals surface area (Å²) in [5.74, 6) is 7.21. The van der Waals surface area contributed by atoms with Crippen molar-refractivity contribution in [3.8, 4) is 11.6 Å². The molecule has 1 saturated heterocycles. The highest BCUT2D eigenvalue weighted by atomic mass is 32.2. The molecule has 8 heteroatoms. The highest BCUT2D eigenvalue weighted by molar-refractivity contribution is 8.00. The molecule has 26 heavy (non-hydrogen) atoms. The summed E-state index contributed by atoms with van der Waals surface area (Å²) < 4.78 is 6.72. The molecule has 1 aromatic carbocycles. The summed E-state index contributed by atoms with van der Waals surface area (Å²) in [6.45, 7) is 1.60. The Hall–Kier alpha value is -2.74. The predicted molar refractivity (Wildman–Crippen MR) is 98.7 cm³/mol. The number of benzene rings is 1. The highest BCUT2D eigenvalue weighted by Crippen LogP contribution is 2.37. The van der Waals surface area contributed by atoms with E-state index in [1.165, 1.54) is 16.4 Å². The third kappa shape index (κ3) is 3.20. The van der Waals surface area contributed by atoms with E-state index in [0.717, 1.165) is 31.5 Å². The molecule has 134 valence electrons. The van der Waals surface area contributed by atoms with Gasteiger partial charge in [0, 0.05) is 13.1 Å². The van der Waals surface area contributed by atoms with Crippen LogP contribution in [-0.4, -0.2) is 38.8 Å². The van der Waals surface area contributed by atoms with E-state index in [2.05, 4.69) is 10.2 Å². The molecule has 1 atom stereocenters. The predicted octanol–water partition coefficient (Wildman–Crippen LogP) is 2.71. The highest BCUT2D eigenvalue weighted by Gasteiger charge is 2.30. The maximum atomic E-state index is 13.1. The van der Waals surface area contributed by atoms with Gasteiger partial charge in [0.1, 0.15) is 5.25 Å². The van der Waals surface area contributed by atoms with Crippen molar-refractivity contribution >= 4 is 17.7 Å². The van der Waals surface area contributed by atoms with Gasteiger partial charge in [-0.3, -0.25) is 4.79 Å². The number of rotatable bonds is 5. The lowest BCUT2D eigenvalue weighted by Crippen LogP contribution is -2.31. The number of nitrogens with two attached hydrogens (primary N) is 1. The number of amides is 1. The van der Waals surface area contributed by atoms with Gasteiger partial charge >= 0.3 is 0 Å². The number of hydrogen-bond acceptors (Lipinski definition) is 6. The quantitative estimate of drug-likeness (QED) is 0.549. The molecule has 1 amide bonds. The third-order valence-electron chi connectivity index (χ3n) is 4.37. The standard InChI is InChI=1S/C18H19N5O2S/c19-23-16(14-9-6-12-25-14)20-21-18(23)26-15(13-7-2-1-3-8-13)17(24)22-10-4-5-11-22/h1-3,6-9,12,15H,4-5,10-11,19H2. The van der Waals surface area contributed by atoms with Crippen LogP contribution in [0.4, 0.5) is 0 Å². The normalized spacial score (nSPS) is 15.3. The monoisotopic (exact) mass is 369 g/mol. The fourth-order valence-electron chi connectivity index (χ4n) is 3.03. The Balaban J connectivity index is 1.64. The maximum absolute atomic E-state index is 13.1. The van der Waals surface area contributed by atoms with Crippen molar-refractivity contribution in [3.05, 3.63) is 54.3 Å². The largest absolute Gasteiger partial charge is 0.461 e. The lowest BCUT2D eigenvalue weighted by atomic mass is 10.1. The van der Waals surface area contributed by atoms with Crippen LogP contribution in [0.2, 0.25) is 0 Å². The summed E-state index contributed by atoms with van der Waals surface area (Å²) in [5.41, 5.74) is 0.928. The van der Waals surface area contributed by atoms with Crippen molar-refractivity contribution < 1.29 is 9.21 Å². The molecular formula is C18H19N5O2S. The van der Waals surface area contributed by atoms with Gasteiger partial charge in [-0.05, 0) is 30.5 Å². The molecule has 0 spiro atoms. The molecule has 2 aromatic heterocycles. The zero-order chi connectivity index (χ0) is 17.9. The molecule has 1 unspecified atom stereocenters. The third-order valence-corrected chi connectivity index (χ3v) is 5.57. The molecule has 3 heterocycles. The molecule has 0 saturated carbocycles. The average Bonchev–Trinajstić information content (AvgIpc) is 3.42. The molecular weight excluding hydrogens is 350 g/mol. The smallest absolute Gasteiger partial charge is 0.240 e. The number of hydrogen-bond donors (Lipinski definition) is 1. The van der Waals surface area contributed by atoms with Gasteiger partial charge in [-0.2, -0.15) is 0 Å². The van der Waals surface area contributed by atoms with E-state index < -0.39 is 5.25 Å².